The molecule has 0 rings (SSSR count). The summed E-state index contributed by atoms with van der Waals surface area (Å²) >= 11 is 0. The van der Waals surface area contributed by atoms with Gasteiger partial charge in [0.2, 0.25) is 0 Å². The van der Waals surface area contributed by atoms with Gasteiger partial charge in [-0.3, -0.25) is 14.4 Å². The molecule has 0 unspecified atom stereocenters. The van der Waals surface area contributed by atoms with Gasteiger partial charge in [0.25, 0.3) is 0 Å². The Morgan fingerprint density at radius 2 is 0.493 bits per heavy atom. The fraction of sp³-hybridized carbons (Fsp3) is 0.866. The van der Waals surface area contributed by atoms with Crippen molar-refractivity contribution in [1.29, 1.82) is 0 Å². The number of esters is 3. The molecule has 6 nitrogen and oxygen atoms in total. The van der Waals surface area contributed by atoms with E-state index >= 15 is 0 Å². The SMILES string of the molecule is CCCCC/C=C\C/C=C\CCCCCCCCCCCC(=O)O[C@H](COC(=O)CCCCCCC/C=C\CCCCCCCC)COC(=O)CCCCCCCCCCCCCCCCCCCCCCC. The molecular weight excluding hydrogens is 901 g/mol. The van der Waals surface area contributed by atoms with Gasteiger partial charge in [-0.1, -0.05) is 295 Å². The average Bonchev–Trinajstić information content (AvgIpc) is 3.39. The van der Waals surface area contributed by atoms with E-state index in [-0.39, 0.29) is 31.1 Å². The van der Waals surface area contributed by atoms with Crippen molar-refractivity contribution in [3.63, 3.8) is 0 Å². The minimum atomic E-state index is -0.776. The maximum atomic E-state index is 12.9. The number of carbonyl (C=O) groups excluding carboxylic acids is 3. The highest BCUT2D eigenvalue weighted by atomic mass is 16.6. The average molecular weight is 1030 g/mol. The van der Waals surface area contributed by atoms with E-state index in [4.69, 9.17) is 14.2 Å². The van der Waals surface area contributed by atoms with Gasteiger partial charge in [-0.05, 0) is 77.0 Å². The summed E-state index contributed by atoms with van der Waals surface area (Å²) < 4.78 is 16.9. The minimum absolute atomic E-state index is 0.0721. The summed E-state index contributed by atoms with van der Waals surface area (Å²) in [6.07, 6.45) is 75.8. The Bertz CT molecular complexity index is 1220. The van der Waals surface area contributed by atoms with Gasteiger partial charge in [0, 0.05) is 19.3 Å². The molecule has 1 atom stereocenters. The fourth-order valence-corrected chi connectivity index (χ4v) is 9.71. The van der Waals surface area contributed by atoms with Crippen molar-refractivity contribution >= 4 is 17.9 Å². The Balaban J connectivity index is 4.31. The van der Waals surface area contributed by atoms with E-state index in [1.807, 2.05) is 0 Å². The van der Waals surface area contributed by atoms with Crippen LogP contribution in [0.15, 0.2) is 36.5 Å². The van der Waals surface area contributed by atoms with Crippen LogP contribution < -0.4 is 0 Å². The summed E-state index contributed by atoms with van der Waals surface area (Å²) in [4.78, 5) is 38.3. The molecule has 0 aromatic rings. The number of rotatable bonds is 60. The maximum Gasteiger partial charge on any atom is 0.306 e. The summed E-state index contributed by atoms with van der Waals surface area (Å²) in [5, 5.41) is 0. The third-order valence-electron chi connectivity index (χ3n) is 14.6. The van der Waals surface area contributed by atoms with Gasteiger partial charge in [-0.25, -0.2) is 0 Å². The monoisotopic (exact) mass is 1020 g/mol. The second-order valence-corrected chi connectivity index (χ2v) is 22.0. The molecule has 428 valence electrons. The fourth-order valence-electron chi connectivity index (χ4n) is 9.71. The predicted octanol–water partition coefficient (Wildman–Crippen LogP) is 22.0. The first kappa shape index (κ1) is 70.6. The Hall–Kier alpha value is -2.37. The van der Waals surface area contributed by atoms with Crippen LogP contribution in [0.3, 0.4) is 0 Å². The summed E-state index contributed by atoms with van der Waals surface area (Å²) in [6, 6.07) is 0. The second-order valence-electron chi connectivity index (χ2n) is 22.0. The lowest BCUT2D eigenvalue weighted by Gasteiger charge is -2.18. The molecule has 0 spiro atoms. The number of ether oxygens (including phenoxy) is 3. The van der Waals surface area contributed by atoms with Crippen LogP contribution in [-0.4, -0.2) is 37.2 Å². The number of carbonyl (C=O) groups is 3. The Morgan fingerprint density at radius 3 is 0.795 bits per heavy atom. The Labute approximate surface area is 455 Å². The van der Waals surface area contributed by atoms with Gasteiger partial charge in [0.1, 0.15) is 13.2 Å². The van der Waals surface area contributed by atoms with E-state index in [2.05, 4.69) is 57.2 Å². The number of hydrogen-bond donors (Lipinski definition) is 0. The van der Waals surface area contributed by atoms with Crippen molar-refractivity contribution in [2.75, 3.05) is 13.2 Å². The number of unbranched alkanes of at least 4 members (excludes halogenated alkanes) is 43. The van der Waals surface area contributed by atoms with Crippen LogP contribution in [0.25, 0.3) is 0 Å². The number of hydrogen-bond acceptors (Lipinski definition) is 6. The maximum absolute atomic E-state index is 12.9. The molecule has 0 aromatic carbocycles. The van der Waals surface area contributed by atoms with Crippen LogP contribution >= 0.6 is 0 Å². The molecular formula is C67H124O6. The van der Waals surface area contributed by atoms with Crippen LogP contribution in [0.4, 0.5) is 0 Å². The largest absolute Gasteiger partial charge is 0.462 e. The van der Waals surface area contributed by atoms with E-state index in [0.717, 1.165) is 70.6 Å². The second kappa shape index (κ2) is 62.2. The van der Waals surface area contributed by atoms with Gasteiger partial charge in [-0.15, -0.1) is 0 Å². The van der Waals surface area contributed by atoms with Crippen molar-refractivity contribution < 1.29 is 28.6 Å². The van der Waals surface area contributed by atoms with E-state index in [1.54, 1.807) is 0 Å². The lowest BCUT2D eigenvalue weighted by Crippen LogP contribution is -2.30. The normalized spacial score (nSPS) is 12.2. The van der Waals surface area contributed by atoms with Crippen LogP contribution in [0.5, 0.6) is 0 Å². The van der Waals surface area contributed by atoms with Crippen molar-refractivity contribution in [2.45, 2.75) is 361 Å². The van der Waals surface area contributed by atoms with Gasteiger partial charge in [0.05, 0.1) is 0 Å². The predicted molar refractivity (Wildman–Crippen MR) is 316 cm³/mol. The lowest BCUT2D eigenvalue weighted by molar-refractivity contribution is -0.167. The van der Waals surface area contributed by atoms with Crippen molar-refractivity contribution in [3.8, 4) is 0 Å². The molecule has 0 aliphatic heterocycles. The van der Waals surface area contributed by atoms with Crippen LogP contribution in [0, 0.1) is 0 Å². The first-order chi connectivity index (χ1) is 36.0. The highest BCUT2D eigenvalue weighted by Crippen LogP contribution is 2.18. The molecule has 0 aliphatic rings. The third-order valence-corrected chi connectivity index (χ3v) is 14.6. The van der Waals surface area contributed by atoms with Gasteiger partial charge >= 0.3 is 17.9 Å². The molecule has 73 heavy (non-hydrogen) atoms. The highest BCUT2D eigenvalue weighted by molar-refractivity contribution is 5.71. The van der Waals surface area contributed by atoms with Crippen LogP contribution in [-0.2, 0) is 28.6 Å². The lowest BCUT2D eigenvalue weighted by atomic mass is 10.0. The molecule has 0 aromatic heterocycles. The Kier molecular flexibility index (Phi) is 60.2. The minimum Gasteiger partial charge on any atom is -0.462 e. The molecule has 0 radical (unpaired) electrons. The van der Waals surface area contributed by atoms with E-state index in [1.165, 1.54) is 244 Å². The molecule has 0 saturated carbocycles. The van der Waals surface area contributed by atoms with Gasteiger partial charge < -0.3 is 14.2 Å². The summed E-state index contributed by atoms with van der Waals surface area (Å²) in [5.41, 5.74) is 0. The quantitative estimate of drug-likeness (QED) is 0.0261. The van der Waals surface area contributed by atoms with E-state index in [9.17, 15) is 14.4 Å². The van der Waals surface area contributed by atoms with Gasteiger partial charge in [0.15, 0.2) is 6.10 Å². The molecule has 0 fully saturated rings. The van der Waals surface area contributed by atoms with Crippen molar-refractivity contribution in [1.82, 2.24) is 0 Å². The van der Waals surface area contributed by atoms with Crippen molar-refractivity contribution in [3.05, 3.63) is 36.5 Å². The topological polar surface area (TPSA) is 78.9 Å². The van der Waals surface area contributed by atoms with E-state index in [0.29, 0.717) is 19.3 Å². The Morgan fingerprint density at radius 1 is 0.274 bits per heavy atom. The zero-order chi connectivity index (χ0) is 52.9. The smallest absolute Gasteiger partial charge is 0.306 e. The first-order valence-electron chi connectivity index (χ1n) is 32.5. The third kappa shape index (κ3) is 60.4. The summed E-state index contributed by atoms with van der Waals surface area (Å²) in [7, 11) is 0. The molecule has 0 heterocycles. The highest BCUT2D eigenvalue weighted by Gasteiger charge is 2.19. The first-order valence-corrected chi connectivity index (χ1v) is 32.5. The molecule has 0 amide bonds. The van der Waals surface area contributed by atoms with Crippen molar-refractivity contribution in [2.24, 2.45) is 0 Å². The standard InChI is InChI=1S/C67H124O6/c1-4-7-10-13-16-19-22-25-28-30-32-33-35-36-39-42-45-48-51-54-57-60-66(69)72-63-64(62-71-65(68)59-56-53-50-47-44-41-38-27-24-21-18-15-12-9-6-3)73-67(70)61-58-55-52-49-46-43-40-37-34-31-29-26-23-20-17-14-11-8-5-2/h17,20,26-27,29,38,64H,4-16,18-19,21-25,28,30-37,39-63H2,1-3H3/b20-17-,29-26-,38-27-/t64-/m1/s1. The van der Waals surface area contributed by atoms with Crippen LogP contribution in [0.2, 0.25) is 0 Å². The van der Waals surface area contributed by atoms with E-state index < -0.39 is 6.10 Å². The zero-order valence-corrected chi connectivity index (χ0v) is 49.2. The molecule has 0 aliphatic carbocycles. The number of allylic oxidation sites excluding steroid dienone is 6. The molecule has 0 bridgehead atoms. The zero-order valence-electron chi connectivity index (χ0n) is 49.2. The molecule has 0 N–H and O–H groups in total. The van der Waals surface area contributed by atoms with Crippen LogP contribution in [0.1, 0.15) is 355 Å². The molecule has 6 heteroatoms. The summed E-state index contributed by atoms with van der Waals surface area (Å²) in [5.74, 6) is -0.861. The molecule has 0 saturated heterocycles. The summed E-state index contributed by atoms with van der Waals surface area (Å²) in [6.45, 7) is 6.66. The van der Waals surface area contributed by atoms with Gasteiger partial charge in [-0.2, -0.15) is 0 Å².